The molecule has 1 aromatic carbocycles. The van der Waals surface area contributed by atoms with E-state index >= 15 is 0 Å². The summed E-state index contributed by atoms with van der Waals surface area (Å²) < 4.78 is 5.39. The van der Waals surface area contributed by atoms with Crippen LogP contribution in [0.1, 0.15) is 38.5 Å². The highest BCUT2D eigenvalue weighted by atomic mass is 16.5. The number of phenols is 1. The highest BCUT2D eigenvalue weighted by Crippen LogP contribution is 2.37. The summed E-state index contributed by atoms with van der Waals surface area (Å²) in [7, 11) is 0. The zero-order chi connectivity index (χ0) is 14.2. The van der Waals surface area contributed by atoms with E-state index in [1.54, 1.807) is 24.3 Å². The molecule has 106 valence electrons. The summed E-state index contributed by atoms with van der Waals surface area (Å²) in [4.78, 5) is 4.46. The van der Waals surface area contributed by atoms with Crippen LogP contribution < -0.4 is 5.73 Å². The molecule has 0 radical (unpaired) electrons. The first-order valence-corrected chi connectivity index (χ1v) is 6.99. The summed E-state index contributed by atoms with van der Waals surface area (Å²) in [5.41, 5.74) is 6.76. The number of hydrogen-bond acceptors (Lipinski definition) is 5. The van der Waals surface area contributed by atoms with Crippen molar-refractivity contribution in [3.63, 3.8) is 0 Å². The van der Waals surface area contributed by atoms with E-state index < -0.39 is 5.54 Å². The third-order valence-electron chi connectivity index (χ3n) is 4.01. The quantitative estimate of drug-likeness (QED) is 0.878. The van der Waals surface area contributed by atoms with Crippen LogP contribution in [0.25, 0.3) is 11.4 Å². The Bertz CT molecular complexity index is 593. The Balaban J connectivity index is 1.88. The van der Waals surface area contributed by atoms with E-state index in [4.69, 9.17) is 10.3 Å². The third-order valence-corrected chi connectivity index (χ3v) is 4.01. The molecule has 3 rings (SSSR count). The Morgan fingerprint density at radius 1 is 1.35 bits per heavy atom. The molecule has 1 aromatic heterocycles. The van der Waals surface area contributed by atoms with Crippen molar-refractivity contribution in [3.8, 4) is 17.1 Å². The molecular weight excluding hydrogens is 254 g/mol. The summed E-state index contributed by atoms with van der Waals surface area (Å²) in [6.45, 7) is 2.21. The van der Waals surface area contributed by atoms with Gasteiger partial charge in [-0.25, -0.2) is 0 Å². The van der Waals surface area contributed by atoms with Crippen molar-refractivity contribution in [1.29, 1.82) is 0 Å². The predicted octanol–water partition coefficient (Wildman–Crippen LogP) is 2.81. The Morgan fingerprint density at radius 3 is 2.80 bits per heavy atom. The van der Waals surface area contributed by atoms with Crippen LogP contribution >= 0.6 is 0 Å². The van der Waals surface area contributed by atoms with E-state index in [0.717, 1.165) is 24.8 Å². The molecule has 1 fully saturated rings. The van der Waals surface area contributed by atoms with E-state index in [2.05, 4.69) is 17.1 Å². The number of phenolic OH excluding ortho intramolecular Hbond substituents is 1. The highest BCUT2D eigenvalue weighted by molar-refractivity contribution is 5.55. The van der Waals surface area contributed by atoms with Gasteiger partial charge in [0.2, 0.25) is 11.7 Å². The molecule has 2 atom stereocenters. The van der Waals surface area contributed by atoms with Gasteiger partial charge in [-0.2, -0.15) is 4.98 Å². The molecule has 1 aliphatic carbocycles. The van der Waals surface area contributed by atoms with Gasteiger partial charge in [-0.15, -0.1) is 0 Å². The van der Waals surface area contributed by atoms with Crippen LogP contribution in [0, 0.1) is 5.92 Å². The molecule has 0 bridgehead atoms. The first-order chi connectivity index (χ1) is 9.57. The molecule has 2 unspecified atom stereocenters. The minimum atomic E-state index is -0.500. The molecule has 5 nitrogen and oxygen atoms in total. The molecule has 3 N–H and O–H groups in total. The van der Waals surface area contributed by atoms with E-state index in [1.165, 1.54) is 6.42 Å². The lowest BCUT2D eigenvalue weighted by molar-refractivity contribution is 0.183. The summed E-state index contributed by atoms with van der Waals surface area (Å²) in [6.07, 6.45) is 4.06. The molecule has 5 heteroatoms. The Hall–Kier alpha value is -1.88. The zero-order valence-electron chi connectivity index (χ0n) is 11.5. The van der Waals surface area contributed by atoms with Crippen molar-refractivity contribution in [2.24, 2.45) is 11.7 Å². The van der Waals surface area contributed by atoms with Gasteiger partial charge >= 0.3 is 0 Å². The predicted molar refractivity (Wildman–Crippen MR) is 74.9 cm³/mol. The zero-order valence-corrected chi connectivity index (χ0v) is 11.5. The van der Waals surface area contributed by atoms with Crippen molar-refractivity contribution >= 4 is 0 Å². The van der Waals surface area contributed by atoms with Crippen LogP contribution in [0.4, 0.5) is 0 Å². The van der Waals surface area contributed by atoms with E-state index in [9.17, 15) is 5.11 Å². The normalized spacial score (nSPS) is 26.6. The van der Waals surface area contributed by atoms with Gasteiger partial charge in [0.1, 0.15) is 5.75 Å². The fraction of sp³-hybridized carbons (Fsp3) is 0.467. The summed E-state index contributed by atoms with van der Waals surface area (Å²) >= 11 is 0. The first kappa shape index (κ1) is 13.1. The van der Waals surface area contributed by atoms with Crippen molar-refractivity contribution in [1.82, 2.24) is 10.1 Å². The highest BCUT2D eigenvalue weighted by Gasteiger charge is 2.37. The Morgan fingerprint density at radius 2 is 2.10 bits per heavy atom. The molecule has 0 aliphatic heterocycles. The summed E-state index contributed by atoms with van der Waals surface area (Å²) in [5, 5.41) is 13.3. The van der Waals surface area contributed by atoms with E-state index in [0.29, 0.717) is 17.6 Å². The molecule has 2 aromatic rings. The van der Waals surface area contributed by atoms with Crippen molar-refractivity contribution < 1.29 is 9.63 Å². The largest absolute Gasteiger partial charge is 0.508 e. The lowest BCUT2D eigenvalue weighted by atomic mass is 9.77. The van der Waals surface area contributed by atoms with Crippen molar-refractivity contribution in [2.45, 2.75) is 38.1 Å². The average Bonchev–Trinajstić information content (AvgIpc) is 2.90. The van der Waals surface area contributed by atoms with Gasteiger partial charge in [0.05, 0.1) is 5.54 Å². The van der Waals surface area contributed by atoms with Crippen LogP contribution in [0.3, 0.4) is 0 Å². The number of aromatic nitrogens is 2. The second-order valence-corrected chi connectivity index (χ2v) is 5.83. The van der Waals surface area contributed by atoms with Gasteiger partial charge in [0.15, 0.2) is 0 Å². The van der Waals surface area contributed by atoms with Crippen LogP contribution in [0.15, 0.2) is 28.8 Å². The van der Waals surface area contributed by atoms with Gasteiger partial charge < -0.3 is 15.4 Å². The fourth-order valence-corrected chi connectivity index (χ4v) is 2.94. The molecule has 0 amide bonds. The number of nitrogens with two attached hydrogens (primary N) is 1. The molecule has 1 aliphatic rings. The second-order valence-electron chi connectivity index (χ2n) is 5.83. The smallest absolute Gasteiger partial charge is 0.247 e. The second kappa shape index (κ2) is 4.90. The summed E-state index contributed by atoms with van der Waals surface area (Å²) in [5.74, 6) is 1.84. The van der Waals surface area contributed by atoms with E-state index in [-0.39, 0.29) is 5.75 Å². The lowest BCUT2D eigenvalue weighted by Crippen LogP contribution is -2.41. The maximum absolute atomic E-state index is 9.30. The number of hydrogen-bond donors (Lipinski definition) is 2. The SMILES string of the molecule is CC1CCCC(N)(c2nc(-c3ccc(O)cc3)no2)C1. The number of aromatic hydroxyl groups is 1. The molecule has 1 saturated carbocycles. The number of rotatable bonds is 2. The minimum absolute atomic E-state index is 0.217. The van der Waals surface area contributed by atoms with Crippen molar-refractivity contribution in [3.05, 3.63) is 30.2 Å². The summed E-state index contributed by atoms with van der Waals surface area (Å²) in [6, 6.07) is 6.73. The van der Waals surface area contributed by atoms with Crippen LogP contribution in [-0.2, 0) is 5.54 Å². The lowest BCUT2D eigenvalue weighted by Gasteiger charge is -2.33. The first-order valence-electron chi connectivity index (χ1n) is 6.99. The van der Waals surface area contributed by atoms with Crippen LogP contribution in [0.2, 0.25) is 0 Å². The molecule has 1 heterocycles. The molecule has 0 saturated heterocycles. The Labute approximate surface area is 117 Å². The van der Waals surface area contributed by atoms with Crippen LogP contribution in [0.5, 0.6) is 5.75 Å². The van der Waals surface area contributed by atoms with Gasteiger partial charge in [-0.3, -0.25) is 0 Å². The number of benzene rings is 1. The molecular formula is C15H19N3O2. The molecule has 0 spiro atoms. The van der Waals surface area contributed by atoms with Gasteiger partial charge in [0.25, 0.3) is 0 Å². The maximum atomic E-state index is 9.30. The standard InChI is InChI=1S/C15H19N3O2/c1-10-3-2-8-15(16,9-10)14-17-13(18-20-14)11-4-6-12(19)7-5-11/h4-7,10,19H,2-3,8-9,16H2,1H3. The van der Waals surface area contributed by atoms with Gasteiger partial charge in [-0.05, 0) is 43.0 Å². The maximum Gasteiger partial charge on any atom is 0.247 e. The van der Waals surface area contributed by atoms with Gasteiger partial charge in [-0.1, -0.05) is 24.9 Å². The third kappa shape index (κ3) is 2.41. The average molecular weight is 273 g/mol. The Kier molecular flexibility index (Phi) is 3.22. The monoisotopic (exact) mass is 273 g/mol. The van der Waals surface area contributed by atoms with Crippen molar-refractivity contribution in [2.75, 3.05) is 0 Å². The van der Waals surface area contributed by atoms with E-state index in [1.807, 2.05) is 0 Å². The van der Waals surface area contributed by atoms with Crippen LogP contribution in [-0.4, -0.2) is 15.2 Å². The molecule has 20 heavy (non-hydrogen) atoms. The van der Waals surface area contributed by atoms with Gasteiger partial charge in [0, 0.05) is 5.56 Å². The topological polar surface area (TPSA) is 85.2 Å². The fourth-order valence-electron chi connectivity index (χ4n) is 2.94. The number of nitrogens with zero attached hydrogens (tertiary/aromatic N) is 2. The minimum Gasteiger partial charge on any atom is -0.508 e.